The van der Waals surface area contributed by atoms with Gasteiger partial charge in [0.1, 0.15) is 24.9 Å². The number of nitriles is 1. The predicted octanol–water partition coefficient (Wildman–Crippen LogP) is 11.9. The molecule has 8 nitrogen and oxygen atoms in total. The molecule has 0 aliphatic heterocycles. The monoisotopic (exact) mass is 886 g/mol. The zero-order valence-electron chi connectivity index (χ0n) is 39.3. The van der Waals surface area contributed by atoms with Gasteiger partial charge in [-0.15, -0.1) is 0 Å². The molecule has 5 aromatic rings. The molecule has 0 heterocycles. The topological polar surface area (TPSA) is 98.1 Å². The van der Waals surface area contributed by atoms with Crippen LogP contribution in [0.2, 0.25) is 0 Å². The third-order valence-electron chi connectivity index (χ3n) is 12.7. The summed E-state index contributed by atoms with van der Waals surface area (Å²) in [5.74, 6) is -0.615. The molecule has 1 aliphatic carbocycles. The number of carbonyl (C=O) groups excluding carboxylic acids is 2. The fraction of sp³-hybridized carbons (Fsp3) is 0.362. The number of benzene rings is 5. The first-order chi connectivity index (χ1) is 32.1. The van der Waals surface area contributed by atoms with Crippen LogP contribution in [0.25, 0.3) is 17.2 Å². The van der Waals surface area contributed by atoms with Gasteiger partial charge in [0.05, 0.1) is 12.7 Å². The highest BCUT2D eigenvalue weighted by Gasteiger charge is 2.44. The summed E-state index contributed by atoms with van der Waals surface area (Å²) in [6.07, 6.45) is 9.58. The lowest BCUT2D eigenvalue weighted by molar-refractivity contribution is -0.146. The zero-order valence-corrected chi connectivity index (χ0v) is 39.3. The Balaban J connectivity index is 1.12. The van der Waals surface area contributed by atoms with E-state index in [1.807, 2.05) is 37.3 Å². The average molecular weight is 887 g/mol. The Bertz CT molecular complexity index is 2360. The molecule has 0 amide bonds. The lowest BCUT2D eigenvalue weighted by atomic mass is 9.58. The van der Waals surface area contributed by atoms with Gasteiger partial charge in [0.2, 0.25) is 0 Å². The van der Waals surface area contributed by atoms with Gasteiger partial charge in [0, 0.05) is 43.5 Å². The summed E-state index contributed by atoms with van der Waals surface area (Å²) in [4.78, 5) is 26.0. The minimum atomic E-state index is -0.789. The van der Waals surface area contributed by atoms with E-state index < -0.39 is 11.9 Å². The number of esters is 2. The van der Waals surface area contributed by atoms with Crippen molar-refractivity contribution in [2.75, 3.05) is 51.0 Å². The Labute approximate surface area is 392 Å². The first-order valence-electron chi connectivity index (χ1n) is 23.6. The minimum absolute atomic E-state index is 0.0550. The lowest BCUT2D eigenvalue weighted by Crippen LogP contribution is -2.39. The summed E-state index contributed by atoms with van der Waals surface area (Å²) < 4.78 is 22.2. The van der Waals surface area contributed by atoms with Gasteiger partial charge in [-0.2, -0.15) is 5.26 Å². The van der Waals surface area contributed by atoms with E-state index >= 15 is 0 Å². The Kier molecular flexibility index (Phi) is 18.5. The van der Waals surface area contributed by atoms with Crippen molar-refractivity contribution < 1.29 is 28.5 Å². The Morgan fingerprint density at radius 2 is 1.39 bits per heavy atom. The molecule has 3 atom stereocenters. The first kappa shape index (κ1) is 49.2. The van der Waals surface area contributed by atoms with Crippen LogP contribution >= 0.6 is 0 Å². The number of anilines is 1. The van der Waals surface area contributed by atoms with Gasteiger partial charge in [0.25, 0.3) is 0 Å². The van der Waals surface area contributed by atoms with Crippen LogP contribution in [0.3, 0.4) is 0 Å². The number of hydrogen-bond acceptors (Lipinski definition) is 8. The van der Waals surface area contributed by atoms with Gasteiger partial charge in [-0.05, 0) is 109 Å². The van der Waals surface area contributed by atoms with Gasteiger partial charge in [-0.1, -0.05) is 154 Å². The van der Waals surface area contributed by atoms with Gasteiger partial charge in [-0.3, -0.25) is 0 Å². The van der Waals surface area contributed by atoms with Gasteiger partial charge in [-0.25, -0.2) is 9.59 Å². The standard InChI is InChI=1S/C58H66N2O6/c1-6-56(61)64-36-37-65-57(62)50(40-59)39-47-22-32-55(33-23-47)60(34-35-63-7-2)41-45(5)66-42-44(4)38-46-20-28-53(29-21-46)58(51-16-12-9-13-17-51,52-26-18-43(3)19-27-52)54-30-24-49(25-31-54)48-14-10-8-11-15-48/h6,8,10-11,14-15,18-33,39,44-45,51H,1,7,9,12-13,16-17,34-38,41-42H2,2-5H3/b50-39+. The van der Waals surface area contributed by atoms with Crippen molar-refractivity contribution in [2.24, 2.45) is 11.8 Å². The smallest absolute Gasteiger partial charge is 0.349 e. The number of hydrogen-bond donors (Lipinski definition) is 0. The third kappa shape index (κ3) is 13.2. The van der Waals surface area contributed by atoms with E-state index in [9.17, 15) is 14.9 Å². The summed E-state index contributed by atoms with van der Waals surface area (Å²) in [6, 6.07) is 48.4. The van der Waals surface area contributed by atoms with Gasteiger partial charge >= 0.3 is 11.9 Å². The second-order valence-electron chi connectivity index (χ2n) is 17.5. The van der Waals surface area contributed by atoms with Crippen molar-refractivity contribution in [2.45, 2.75) is 77.7 Å². The molecule has 0 radical (unpaired) electrons. The zero-order chi connectivity index (χ0) is 46.7. The maximum absolute atomic E-state index is 12.5. The molecule has 0 aromatic heterocycles. The molecule has 0 bridgehead atoms. The predicted molar refractivity (Wildman–Crippen MR) is 265 cm³/mol. The Hall–Kier alpha value is -6.27. The highest BCUT2D eigenvalue weighted by Crippen LogP contribution is 2.51. The summed E-state index contributed by atoms with van der Waals surface area (Å²) in [5, 5.41) is 9.63. The van der Waals surface area contributed by atoms with Crippen molar-refractivity contribution in [1.29, 1.82) is 5.26 Å². The molecule has 1 saturated carbocycles. The molecule has 66 heavy (non-hydrogen) atoms. The van der Waals surface area contributed by atoms with Crippen molar-refractivity contribution in [1.82, 2.24) is 0 Å². The lowest BCUT2D eigenvalue weighted by Gasteiger charge is -2.45. The maximum Gasteiger partial charge on any atom is 0.349 e. The van der Waals surface area contributed by atoms with E-state index in [1.165, 1.54) is 77.1 Å². The van der Waals surface area contributed by atoms with Crippen molar-refractivity contribution in [3.05, 3.63) is 179 Å². The van der Waals surface area contributed by atoms with Gasteiger partial charge in [0.15, 0.2) is 0 Å². The molecule has 0 saturated heterocycles. The summed E-state index contributed by atoms with van der Waals surface area (Å²) in [7, 11) is 0. The summed E-state index contributed by atoms with van der Waals surface area (Å²) in [5.41, 5.74) is 10.4. The largest absolute Gasteiger partial charge is 0.459 e. The minimum Gasteiger partial charge on any atom is -0.459 e. The number of aryl methyl sites for hydroxylation is 1. The van der Waals surface area contributed by atoms with Crippen LogP contribution in [0.5, 0.6) is 0 Å². The van der Waals surface area contributed by atoms with Crippen molar-refractivity contribution in [3.63, 3.8) is 0 Å². The molecular weight excluding hydrogens is 821 g/mol. The van der Waals surface area contributed by atoms with E-state index in [0.717, 1.165) is 18.2 Å². The molecule has 1 fully saturated rings. The second-order valence-corrected chi connectivity index (χ2v) is 17.5. The van der Waals surface area contributed by atoms with Crippen LogP contribution in [0, 0.1) is 30.1 Å². The summed E-state index contributed by atoms with van der Waals surface area (Å²) >= 11 is 0. The summed E-state index contributed by atoms with van der Waals surface area (Å²) in [6.45, 7) is 14.7. The SMILES string of the molecule is C=CC(=O)OCCOC(=O)/C(C#N)=C/c1ccc(N(CCOCC)CC(C)OCC(C)Cc2ccc(C(c3ccc(C)cc3)(c3ccc(-c4ccccc4)cc3)C3CCCCC3)cc2)cc1. The first-order valence-corrected chi connectivity index (χ1v) is 23.6. The third-order valence-corrected chi connectivity index (χ3v) is 12.7. The van der Waals surface area contributed by atoms with E-state index in [4.69, 9.17) is 18.9 Å². The fourth-order valence-corrected chi connectivity index (χ4v) is 9.31. The fourth-order valence-electron chi connectivity index (χ4n) is 9.31. The van der Waals surface area contributed by atoms with Crippen LogP contribution in [-0.2, 0) is 40.4 Å². The molecular formula is C58H66N2O6. The molecule has 0 spiro atoms. The number of carbonyl (C=O) groups is 2. The second kappa shape index (κ2) is 24.9. The van der Waals surface area contributed by atoms with Crippen molar-refractivity contribution >= 4 is 23.7 Å². The van der Waals surface area contributed by atoms with Gasteiger partial charge < -0.3 is 23.8 Å². The average Bonchev–Trinajstić information content (AvgIpc) is 3.35. The number of ether oxygens (including phenoxy) is 4. The number of nitrogens with zero attached hydrogens (tertiary/aromatic N) is 2. The molecule has 6 rings (SSSR count). The molecule has 5 aromatic carbocycles. The van der Waals surface area contributed by atoms with Crippen LogP contribution in [0.4, 0.5) is 5.69 Å². The highest BCUT2D eigenvalue weighted by molar-refractivity contribution is 5.98. The van der Waals surface area contributed by atoms with Crippen LogP contribution in [-0.4, -0.2) is 64.2 Å². The molecule has 3 unspecified atom stereocenters. The van der Waals surface area contributed by atoms with Crippen LogP contribution in [0.15, 0.2) is 146 Å². The molecule has 344 valence electrons. The van der Waals surface area contributed by atoms with E-state index in [-0.39, 0.29) is 30.3 Å². The number of rotatable bonds is 23. The van der Waals surface area contributed by atoms with Crippen molar-refractivity contribution in [3.8, 4) is 17.2 Å². The highest BCUT2D eigenvalue weighted by atomic mass is 16.6. The molecule has 0 N–H and O–H groups in total. The maximum atomic E-state index is 12.5. The van der Waals surface area contributed by atoms with Crippen LogP contribution in [0.1, 0.15) is 86.3 Å². The normalized spacial score (nSPS) is 14.9. The molecule has 8 heteroatoms. The quantitative estimate of drug-likeness (QED) is 0.0210. The van der Waals surface area contributed by atoms with E-state index in [2.05, 4.69) is 135 Å². The Morgan fingerprint density at radius 1 is 0.788 bits per heavy atom. The Morgan fingerprint density at radius 3 is 2.02 bits per heavy atom. The van der Waals surface area contributed by atoms with E-state index in [0.29, 0.717) is 50.3 Å². The molecule has 1 aliphatic rings. The van der Waals surface area contributed by atoms with E-state index in [1.54, 1.807) is 0 Å². The van der Waals surface area contributed by atoms with Crippen LogP contribution < -0.4 is 4.90 Å².